The van der Waals surface area contributed by atoms with Gasteiger partial charge in [0.15, 0.2) is 0 Å². The minimum absolute atomic E-state index is 0.784. The maximum absolute atomic E-state index is 3.88. The fraction of sp³-hybridized carbons (Fsp3) is 1.00. The van der Waals surface area contributed by atoms with Crippen molar-refractivity contribution in [2.75, 3.05) is 0 Å². The molecule has 13 heavy (non-hydrogen) atoms. The Morgan fingerprint density at radius 1 is 1.00 bits per heavy atom. The quantitative estimate of drug-likeness (QED) is 0.664. The second-order valence-corrected chi connectivity index (χ2v) is 4.88. The zero-order valence-electron chi connectivity index (χ0n) is 9.05. The van der Waals surface area contributed by atoms with Gasteiger partial charge in [-0.05, 0) is 50.4 Å². The summed E-state index contributed by atoms with van der Waals surface area (Å²) in [6.45, 7) is 4.61. The summed E-state index contributed by atoms with van der Waals surface area (Å²) in [5, 5.41) is 3.88. The largest absolute Gasteiger partial charge is 0.311 e. The Kier molecular flexibility index (Phi) is 2.92. The predicted molar refractivity (Wildman–Crippen MR) is 56.7 cm³/mol. The van der Waals surface area contributed by atoms with Crippen LogP contribution in [0.15, 0.2) is 0 Å². The van der Waals surface area contributed by atoms with E-state index >= 15 is 0 Å². The van der Waals surface area contributed by atoms with Gasteiger partial charge in [0.25, 0.3) is 0 Å². The van der Waals surface area contributed by atoms with E-state index in [-0.39, 0.29) is 0 Å². The van der Waals surface area contributed by atoms with Gasteiger partial charge >= 0.3 is 0 Å². The van der Waals surface area contributed by atoms with Crippen molar-refractivity contribution in [2.45, 2.75) is 64.5 Å². The van der Waals surface area contributed by atoms with Crippen molar-refractivity contribution in [1.82, 2.24) is 5.32 Å². The van der Waals surface area contributed by atoms with E-state index in [1.807, 2.05) is 0 Å². The molecular formula is C12H23N. The molecule has 76 valence electrons. The lowest BCUT2D eigenvalue weighted by atomic mass is 10.0. The number of hydrogen-bond acceptors (Lipinski definition) is 1. The molecule has 0 amide bonds. The zero-order valence-corrected chi connectivity index (χ0v) is 9.05. The van der Waals surface area contributed by atoms with E-state index in [4.69, 9.17) is 0 Å². The van der Waals surface area contributed by atoms with Crippen LogP contribution < -0.4 is 5.32 Å². The molecule has 2 saturated carbocycles. The van der Waals surface area contributed by atoms with Crippen LogP contribution in [-0.4, -0.2) is 12.1 Å². The van der Waals surface area contributed by atoms with Crippen molar-refractivity contribution in [2.24, 2.45) is 11.8 Å². The van der Waals surface area contributed by atoms with E-state index in [1.54, 1.807) is 0 Å². The Morgan fingerprint density at radius 2 is 1.46 bits per heavy atom. The third-order valence-electron chi connectivity index (χ3n) is 3.67. The van der Waals surface area contributed by atoms with Crippen LogP contribution in [-0.2, 0) is 0 Å². The molecule has 0 saturated heterocycles. The van der Waals surface area contributed by atoms with Crippen LogP contribution in [0.25, 0.3) is 0 Å². The molecule has 1 N–H and O–H groups in total. The molecule has 0 spiro atoms. The summed E-state index contributed by atoms with van der Waals surface area (Å²) in [5.41, 5.74) is 0. The predicted octanol–water partition coefficient (Wildman–Crippen LogP) is 2.95. The third-order valence-corrected chi connectivity index (χ3v) is 3.67. The van der Waals surface area contributed by atoms with Gasteiger partial charge in [-0.1, -0.05) is 13.8 Å². The molecule has 0 radical (unpaired) electrons. The van der Waals surface area contributed by atoms with Gasteiger partial charge in [-0.2, -0.15) is 0 Å². The van der Waals surface area contributed by atoms with Crippen LogP contribution in [0.1, 0.15) is 52.4 Å². The first-order chi connectivity index (χ1) is 6.35. The molecule has 0 bridgehead atoms. The molecule has 2 rings (SSSR count). The molecule has 0 aliphatic heterocycles. The molecule has 0 atom stereocenters. The SMILES string of the molecule is CCC(CC)NC(C1CC1)C1CC1. The van der Waals surface area contributed by atoms with E-state index < -0.39 is 0 Å². The second kappa shape index (κ2) is 4.00. The average molecular weight is 181 g/mol. The monoisotopic (exact) mass is 181 g/mol. The van der Waals surface area contributed by atoms with Crippen molar-refractivity contribution in [3.05, 3.63) is 0 Å². The Balaban J connectivity index is 1.80. The van der Waals surface area contributed by atoms with Crippen LogP contribution >= 0.6 is 0 Å². The maximum atomic E-state index is 3.88. The van der Waals surface area contributed by atoms with Gasteiger partial charge in [-0.15, -0.1) is 0 Å². The molecule has 0 aromatic heterocycles. The Morgan fingerprint density at radius 3 is 1.77 bits per heavy atom. The molecule has 1 heteroatoms. The lowest BCUT2D eigenvalue weighted by Gasteiger charge is -2.24. The second-order valence-electron chi connectivity index (χ2n) is 4.88. The summed E-state index contributed by atoms with van der Waals surface area (Å²) < 4.78 is 0. The lowest BCUT2D eigenvalue weighted by molar-refractivity contribution is 0.348. The summed E-state index contributed by atoms with van der Waals surface area (Å²) >= 11 is 0. The normalized spacial score (nSPS) is 23.1. The summed E-state index contributed by atoms with van der Waals surface area (Å²) in [6, 6.07) is 1.68. The highest BCUT2D eigenvalue weighted by Crippen LogP contribution is 2.44. The molecule has 0 unspecified atom stereocenters. The molecule has 1 nitrogen and oxygen atoms in total. The highest BCUT2D eigenvalue weighted by molar-refractivity contribution is 4.97. The Labute approximate surface area is 82.3 Å². The summed E-state index contributed by atoms with van der Waals surface area (Å²) in [6.07, 6.45) is 8.57. The van der Waals surface area contributed by atoms with Gasteiger partial charge in [-0.3, -0.25) is 0 Å². The molecule has 2 aliphatic carbocycles. The Bertz CT molecular complexity index is 143. The third kappa shape index (κ3) is 2.46. The Hall–Kier alpha value is -0.0400. The lowest BCUT2D eigenvalue weighted by Crippen LogP contribution is -2.40. The van der Waals surface area contributed by atoms with Crippen molar-refractivity contribution in [3.63, 3.8) is 0 Å². The fourth-order valence-electron chi connectivity index (χ4n) is 2.36. The van der Waals surface area contributed by atoms with Crippen LogP contribution in [0, 0.1) is 11.8 Å². The van der Waals surface area contributed by atoms with Crippen molar-refractivity contribution < 1.29 is 0 Å². The van der Waals surface area contributed by atoms with E-state index in [9.17, 15) is 0 Å². The topological polar surface area (TPSA) is 12.0 Å². The minimum Gasteiger partial charge on any atom is -0.311 e. The smallest absolute Gasteiger partial charge is 0.0126 e. The highest BCUT2D eigenvalue weighted by Gasteiger charge is 2.41. The van der Waals surface area contributed by atoms with Crippen molar-refractivity contribution >= 4 is 0 Å². The molecule has 0 aromatic rings. The maximum Gasteiger partial charge on any atom is 0.0126 e. The fourth-order valence-corrected chi connectivity index (χ4v) is 2.36. The van der Waals surface area contributed by atoms with Crippen LogP contribution in [0.3, 0.4) is 0 Å². The zero-order chi connectivity index (χ0) is 9.26. The first-order valence-electron chi connectivity index (χ1n) is 6.11. The molecule has 0 heterocycles. The first kappa shape index (κ1) is 9.51. The van der Waals surface area contributed by atoms with E-state index in [0.29, 0.717) is 0 Å². The van der Waals surface area contributed by atoms with Gasteiger partial charge < -0.3 is 5.32 Å². The van der Waals surface area contributed by atoms with Crippen molar-refractivity contribution in [1.29, 1.82) is 0 Å². The summed E-state index contributed by atoms with van der Waals surface area (Å²) in [4.78, 5) is 0. The number of nitrogens with one attached hydrogen (secondary N) is 1. The molecule has 2 aliphatic rings. The van der Waals surface area contributed by atoms with Gasteiger partial charge in [-0.25, -0.2) is 0 Å². The molecule has 2 fully saturated rings. The van der Waals surface area contributed by atoms with Gasteiger partial charge in [0.05, 0.1) is 0 Å². The van der Waals surface area contributed by atoms with E-state index in [1.165, 1.54) is 38.5 Å². The minimum atomic E-state index is 0.784. The van der Waals surface area contributed by atoms with Crippen LogP contribution in [0.4, 0.5) is 0 Å². The van der Waals surface area contributed by atoms with Gasteiger partial charge in [0.1, 0.15) is 0 Å². The van der Waals surface area contributed by atoms with Crippen LogP contribution in [0.5, 0.6) is 0 Å². The van der Waals surface area contributed by atoms with Crippen molar-refractivity contribution in [3.8, 4) is 0 Å². The van der Waals surface area contributed by atoms with Gasteiger partial charge in [0, 0.05) is 12.1 Å². The van der Waals surface area contributed by atoms with E-state index in [2.05, 4.69) is 19.2 Å². The molecule has 0 aromatic carbocycles. The van der Waals surface area contributed by atoms with Gasteiger partial charge in [0.2, 0.25) is 0 Å². The average Bonchev–Trinajstić information content (AvgIpc) is 3.01. The number of rotatable bonds is 6. The summed E-state index contributed by atoms with van der Waals surface area (Å²) in [7, 11) is 0. The first-order valence-corrected chi connectivity index (χ1v) is 6.11. The molecular weight excluding hydrogens is 158 g/mol. The van der Waals surface area contributed by atoms with Crippen LogP contribution in [0.2, 0.25) is 0 Å². The highest BCUT2D eigenvalue weighted by atomic mass is 15.0. The van der Waals surface area contributed by atoms with E-state index in [0.717, 1.165) is 23.9 Å². The standard InChI is InChI=1S/C12H23N/c1-3-11(4-2)13-12(9-5-6-9)10-7-8-10/h9-13H,3-8H2,1-2H3. The number of hydrogen-bond donors (Lipinski definition) is 1. The summed E-state index contributed by atoms with van der Waals surface area (Å²) in [5.74, 6) is 2.10.